The lowest BCUT2D eigenvalue weighted by Gasteiger charge is -2.23. The third-order valence-electron chi connectivity index (χ3n) is 1.77. The van der Waals surface area contributed by atoms with Crippen molar-refractivity contribution in [3.63, 3.8) is 0 Å². The largest absolute Gasteiger partial charge is 0.368 e. The third kappa shape index (κ3) is 3.86. The summed E-state index contributed by atoms with van der Waals surface area (Å²) in [7, 11) is 0. The smallest absolute Gasteiger partial charge is 0.164 e. The van der Waals surface area contributed by atoms with Crippen LogP contribution in [-0.4, -0.2) is 18.0 Å². The molecule has 0 rings (SSSR count). The van der Waals surface area contributed by atoms with E-state index < -0.39 is 5.60 Å². The Kier molecular flexibility index (Phi) is 4.46. The minimum atomic E-state index is -0.598. The summed E-state index contributed by atoms with van der Waals surface area (Å²) in [6.45, 7) is 10.3. The monoisotopic (exact) mass is 172 g/mol. The molecule has 0 fully saturated rings. The van der Waals surface area contributed by atoms with Crippen LogP contribution in [0.25, 0.3) is 0 Å². The summed E-state index contributed by atoms with van der Waals surface area (Å²) in [4.78, 5) is 11.5. The van der Waals surface area contributed by atoms with Crippen LogP contribution in [-0.2, 0) is 9.53 Å². The minimum Gasteiger partial charge on any atom is -0.368 e. The van der Waals surface area contributed by atoms with Crippen LogP contribution in [0.4, 0.5) is 0 Å². The summed E-state index contributed by atoms with van der Waals surface area (Å²) in [5.41, 5.74) is -0.598. The number of hydrogen-bond donors (Lipinski definition) is 0. The van der Waals surface area contributed by atoms with E-state index in [0.29, 0.717) is 18.9 Å². The lowest BCUT2D eigenvalue weighted by atomic mass is 9.95. The molecule has 0 bridgehead atoms. The first-order valence-electron chi connectivity index (χ1n) is 4.57. The second-order valence-electron chi connectivity index (χ2n) is 3.96. The SMILES string of the molecule is CCOC(C)(C)C(=O)CC(C)C. The van der Waals surface area contributed by atoms with Gasteiger partial charge in [-0.05, 0) is 26.7 Å². The van der Waals surface area contributed by atoms with Crippen molar-refractivity contribution in [2.45, 2.75) is 46.6 Å². The molecule has 0 amide bonds. The van der Waals surface area contributed by atoms with Gasteiger partial charge in [0.2, 0.25) is 0 Å². The van der Waals surface area contributed by atoms with Crippen molar-refractivity contribution in [2.75, 3.05) is 6.61 Å². The molecular weight excluding hydrogens is 152 g/mol. The summed E-state index contributed by atoms with van der Waals surface area (Å²) in [6, 6.07) is 0. The highest BCUT2D eigenvalue weighted by molar-refractivity contribution is 5.86. The molecule has 0 N–H and O–H groups in total. The van der Waals surface area contributed by atoms with E-state index in [1.165, 1.54) is 0 Å². The van der Waals surface area contributed by atoms with E-state index in [9.17, 15) is 4.79 Å². The van der Waals surface area contributed by atoms with Gasteiger partial charge in [0.1, 0.15) is 5.60 Å². The lowest BCUT2D eigenvalue weighted by Crippen LogP contribution is -2.35. The van der Waals surface area contributed by atoms with Crippen molar-refractivity contribution in [3.05, 3.63) is 0 Å². The Morgan fingerprint density at radius 2 is 1.92 bits per heavy atom. The Morgan fingerprint density at radius 1 is 1.42 bits per heavy atom. The predicted octanol–water partition coefficient (Wildman–Crippen LogP) is 2.42. The maximum Gasteiger partial charge on any atom is 0.164 e. The average molecular weight is 172 g/mol. The zero-order valence-electron chi connectivity index (χ0n) is 8.81. The number of carbonyl (C=O) groups excluding carboxylic acids is 1. The molecule has 2 nitrogen and oxygen atoms in total. The van der Waals surface area contributed by atoms with Gasteiger partial charge >= 0.3 is 0 Å². The maximum absolute atomic E-state index is 11.5. The van der Waals surface area contributed by atoms with Crippen LogP contribution < -0.4 is 0 Å². The van der Waals surface area contributed by atoms with E-state index >= 15 is 0 Å². The number of rotatable bonds is 5. The fourth-order valence-electron chi connectivity index (χ4n) is 1.06. The Morgan fingerprint density at radius 3 is 2.25 bits per heavy atom. The Labute approximate surface area is 75.3 Å². The molecule has 12 heavy (non-hydrogen) atoms. The molecule has 0 atom stereocenters. The normalized spacial score (nSPS) is 12.2. The summed E-state index contributed by atoms with van der Waals surface area (Å²) >= 11 is 0. The minimum absolute atomic E-state index is 0.194. The van der Waals surface area contributed by atoms with Gasteiger partial charge in [-0.15, -0.1) is 0 Å². The van der Waals surface area contributed by atoms with E-state index in [-0.39, 0.29) is 5.78 Å². The number of hydrogen-bond acceptors (Lipinski definition) is 2. The molecule has 0 aliphatic rings. The summed E-state index contributed by atoms with van der Waals surface area (Å²) in [5.74, 6) is 0.608. The maximum atomic E-state index is 11.5. The zero-order valence-corrected chi connectivity index (χ0v) is 8.81. The Bertz CT molecular complexity index is 148. The molecular formula is C10H20O2. The van der Waals surface area contributed by atoms with Crippen molar-refractivity contribution >= 4 is 5.78 Å². The first kappa shape index (κ1) is 11.6. The predicted molar refractivity (Wildman–Crippen MR) is 50.2 cm³/mol. The van der Waals surface area contributed by atoms with Gasteiger partial charge in [-0.2, -0.15) is 0 Å². The first-order chi connectivity index (χ1) is 5.40. The highest BCUT2D eigenvalue weighted by atomic mass is 16.5. The highest BCUT2D eigenvalue weighted by Crippen LogP contribution is 2.15. The molecule has 0 aromatic rings. The standard InChI is InChI=1S/C10H20O2/c1-6-12-10(4,5)9(11)7-8(2)3/h8H,6-7H2,1-5H3. The quantitative estimate of drug-likeness (QED) is 0.636. The molecule has 0 aromatic heterocycles. The van der Waals surface area contributed by atoms with E-state index in [1.807, 2.05) is 34.6 Å². The van der Waals surface area contributed by atoms with Crippen LogP contribution in [0.2, 0.25) is 0 Å². The highest BCUT2D eigenvalue weighted by Gasteiger charge is 2.27. The molecule has 0 spiro atoms. The van der Waals surface area contributed by atoms with Crippen LogP contribution in [0.3, 0.4) is 0 Å². The molecule has 0 saturated carbocycles. The first-order valence-corrected chi connectivity index (χ1v) is 4.57. The summed E-state index contributed by atoms with van der Waals surface area (Å²) < 4.78 is 5.34. The zero-order chi connectivity index (χ0) is 9.78. The van der Waals surface area contributed by atoms with Gasteiger partial charge in [-0.1, -0.05) is 13.8 Å². The molecule has 0 heterocycles. The van der Waals surface area contributed by atoms with Crippen molar-refractivity contribution in [2.24, 2.45) is 5.92 Å². The van der Waals surface area contributed by atoms with Gasteiger partial charge in [0.15, 0.2) is 5.78 Å². The number of ketones is 1. The van der Waals surface area contributed by atoms with Gasteiger partial charge in [0.05, 0.1) is 0 Å². The number of ether oxygens (including phenoxy) is 1. The van der Waals surface area contributed by atoms with Crippen LogP contribution in [0, 0.1) is 5.92 Å². The van der Waals surface area contributed by atoms with E-state index in [2.05, 4.69) is 0 Å². The fraction of sp³-hybridized carbons (Fsp3) is 0.900. The Balaban J connectivity index is 4.06. The van der Waals surface area contributed by atoms with Gasteiger partial charge in [-0.3, -0.25) is 4.79 Å². The van der Waals surface area contributed by atoms with Crippen LogP contribution in [0.5, 0.6) is 0 Å². The average Bonchev–Trinajstić information content (AvgIpc) is 1.85. The molecule has 0 unspecified atom stereocenters. The third-order valence-corrected chi connectivity index (χ3v) is 1.77. The molecule has 0 aliphatic heterocycles. The van der Waals surface area contributed by atoms with Crippen molar-refractivity contribution in [3.8, 4) is 0 Å². The van der Waals surface area contributed by atoms with Gasteiger partial charge in [0, 0.05) is 13.0 Å². The topological polar surface area (TPSA) is 26.3 Å². The molecule has 0 aliphatic carbocycles. The second kappa shape index (κ2) is 4.61. The number of carbonyl (C=O) groups is 1. The van der Waals surface area contributed by atoms with Gasteiger partial charge in [0.25, 0.3) is 0 Å². The van der Waals surface area contributed by atoms with E-state index in [4.69, 9.17) is 4.74 Å². The summed E-state index contributed by atoms with van der Waals surface area (Å²) in [5, 5.41) is 0. The van der Waals surface area contributed by atoms with Crippen molar-refractivity contribution in [1.29, 1.82) is 0 Å². The van der Waals surface area contributed by atoms with E-state index in [1.54, 1.807) is 0 Å². The molecule has 0 aromatic carbocycles. The van der Waals surface area contributed by atoms with Gasteiger partial charge in [-0.25, -0.2) is 0 Å². The second-order valence-corrected chi connectivity index (χ2v) is 3.96. The van der Waals surface area contributed by atoms with Gasteiger partial charge < -0.3 is 4.74 Å². The van der Waals surface area contributed by atoms with Crippen LogP contribution in [0.15, 0.2) is 0 Å². The van der Waals surface area contributed by atoms with Crippen LogP contribution >= 0.6 is 0 Å². The lowest BCUT2D eigenvalue weighted by molar-refractivity contribution is -0.140. The van der Waals surface area contributed by atoms with Crippen molar-refractivity contribution < 1.29 is 9.53 Å². The molecule has 0 saturated heterocycles. The van der Waals surface area contributed by atoms with Crippen molar-refractivity contribution in [1.82, 2.24) is 0 Å². The number of Topliss-reactive ketones (excluding diaryl/α,β-unsaturated/α-hetero) is 1. The van der Waals surface area contributed by atoms with Crippen LogP contribution in [0.1, 0.15) is 41.0 Å². The molecule has 72 valence electrons. The Hall–Kier alpha value is -0.370. The fourth-order valence-corrected chi connectivity index (χ4v) is 1.06. The van der Waals surface area contributed by atoms with E-state index in [0.717, 1.165) is 0 Å². The molecule has 2 heteroatoms. The summed E-state index contributed by atoms with van der Waals surface area (Å²) in [6.07, 6.45) is 0.604. The molecule has 0 radical (unpaired) electrons.